The van der Waals surface area contributed by atoms with Crippen LogP contribution in [0, 0.1) is 13.8 Å². The van der Waals surface area contributed by atoms with Crippen molar-refractivity contribution in [2.45, 2.75) is 35.7 Å². The Kier molecular flexibility index (Phi) is 10.1. The molecule has 0 spiro atoms. The number of ether oxygens (including phenoxy) is 2. The van der Waals surface area contributed by atoms with Crippen molar-refractivity contribution >= 4 is 43.7 Å². The van der Waals surface area contributed by atoms with E-state index >= 15 is 0 Å². The standard InChI is InChI=1S/2C19H18N4O2S/c2*1-13-17(20-8-7-18(13)25-2)12-26(24)19-21-15-6-5-14(11-16(15)22-19)23-9-3-4-10-23/h2*3-11H,12H2,1-2H3,(H,21,22). The van der Waals surface area contributed by atoms with Crippen molar-refractivity contribution < 1.29 is 17.9 Å². The van der Waals surface area contributed by atoms with Gasteiger partial charge in [-0.3, -0.25) is 18.4 Å². The van der Waals surface area contributed by atoms with Crippen LogP contribution in [0.4, 0.5) is 0 Å². The summed E-state index contributed by atoms with van der Waals surface area (Å²) in [4.78, 5) is 24.0. The van der Waals surface area contributed by atoms with Crippen molar-refractivity contribution in [2.24, 2.45) is 0 Å². The quantitative estimate of drug-likeness (QED) is 0.157. The Balaban J connectivity index is 0.000000162. The number of hydrogen-bond donors (Lipinski definition) is 2. The summed E-state index contributed by atoms with van der Waals surface area (Å²) in [5, 5.41) is 0.905. The van der Waals surface area contributed by atoms with Gasteiger partial charge in [0, 0.05) is 59.7 Å². The highest BCUT2D eigenvalue weighted by atomic mass is 32.2. The molecule has 2 unspecified atom stereocenters. The van der Waals surface area contributed by atoms with Gasteiger partial charge >= 0.3 is 0 Å². The van der Waals surface area contributed by atoms with E-state index in [1.54, 1.807) is 38.7 Å². The van der Waals surface area contributed by atoms with E-state index in [9.17, 15) is 8.42 Å². The zero-order valence-corrected chi connectivity index (χ0v) is 30.6. The molecule has 0 aliphatic rings. The molecule has 8 rings (SSSR count). The molecule has 0 amide bonds. The Hall–Kier alpha value is -5.86. The Labute approximate surface area is 304 Å². The van der Waals surface area contributed by atoms with Gasteiger partial charge in [0.1, 0.15) is 11.5 Å². The molecule has 2 N–H and O–H groups in total. The summed E-state index contributed by atoms with van der Waals surface area (Å²) in [6.45, 7) is 3.83. The van der Waals surface area contributed by atoms with Gasteiger partial charge in [-0.1, -0.05) is 0 Å². The van der Waals surface area contributed by atoms with Crippen molar-refractivity contribution in [2.75, 3.05) is 14.2 Å². The van der Waals surface area contributed by atoms with Gasteiger partial charge in [-0.05, 0) is 86.6 Å². The zero-order valence-electron chi connectivity index (χ0n) is 28.9. The number of methoxy groups -OCH3 is 2. The minimum atomic E-state index is -1.32. The van der Waals surface area contributed by atoms with Crippen LogP contribution in [0.3, 0.4) is 0 Å². The third-order valence-corrected chi connectivity index (χ3v) is 10.9. The maximum atomic E-state index is 12.8. The first-order chi connectivity index (χ1) is 25.3. The van der Waals surface area contributed by atoms with Gasteiger partial charge in [0.05, 0.1) is 80.8 Å². The third-order valence-electron chi connectivity index (χ3n) is 8.62. The molecule has 12 nitrogen and oxygen atoms in total. The van der Waals surface area contributed by atoms with Crippen LogP contribution in [0.15, 0.2) is 120 Å². The second-order valence-corrected chi connectivity index (χ2v) is 14.5. The highest BCUT2D eigenvalue weighted by Gasteiger charge is 2.17. The lowest BCUT2D eigenvalue weighted by molar-refractivity contribution is 0.410. The minimum absolute atomic E-state index is 0.285. The van der Waals surface area contributed by atoms with Crippen LogP contribution in [0.1, 0.15) is 22.5 Å². The molecule has 0 bridgehead atoms. The first-order valence-corrected chi connectivity index (χ1v) is 18.9. The van der Waals surface area contributed by atoms with Gasteiger partial charge in [-0.15, -0.1) is 0 Å². The molecule has 0 saturated heterocycles. The van der Waals surface area contributed by atoms with Crippen LogP contribution in [0.25, 0.3) is 33.4 Å². The molecule has 14 heteroatoms. The van der Waals surface area contributed by atoms with E-state index in [0.717, 1.165) is 67.5 Å². The number of nitrogens with one attached hydrogen (secondary N) is 2. The van der Waals surface area contributed by atoms with Crippen LogP contribution < -0.4 is 9.47 Å². The number of aromatic nitrogens is 8. The van der Waals surface area contributed by atoms with E-state index in [0.29, 0.717) is 10.3 Å². The number of pyridine rings is 2. The van der Waals surface area contributed by atoms with Crippen LogP contribution >= 0.6 is 0 Å². The van der Waals surface area contributed by atoms with Gasteiger partial charge < -0.3 is 28.6 Å². The summed E-state index contributed by atoms with van der Waals surface area (Å²) in [5.41, 5.74) is 8.63. The predicted molar refractivity (Wildman–Crippen MR) is 202 cm³/mol. The molecule has 0 fully saturated rings. The largest absolute Gasteiger partial charge is 0.496 e. The lowest BCUT2D eigenvalue weighted by Crippen LogP contribution is -2.03. The van der Waals surface area contributed by atoms with Gasteiger partial charge in [-0.25, -0.2) is 9.97 Å². The number of H-pyrrole nitrogens is 2. The van der Waals surface area contributed by atoms with Crippen LogP contribution in [0.5, 0.6) is 11.5 Å². The molecule has 0 aliphatic carbocycles. The van der Waals surface area contributed by atoms with Crippen molar-refractivity contribution in [3.05, 3.63) is 132 Å². The van der Waals surface area contributed by atoms with Crippen LogP contribution in [0.2, 0.25) is 0 Å². The van der Waals surface area contributed by atoms with Crippen molar-refractivity contribution in [1.82, 2.24) is 39.0 Å². The summed E-state index contributed by atoms with van der Waals surface area (Å²) in [6, 6.07) is 23.3. The average molecular weight is 733 g/mol. The van der Waals surface area contributed by atoms with E-state index in [1.165, 1.54) is 0 Å². The molecular weight excluding hydrogens is 697 g/mol. The van der Waals surface area contributed by atoms with E-state index < -0.39 is 21.6 Å². The Bertz CT molecular complexity index is 2350. The van der Waals surface area contributed by atoms with Crippen LogP contribution in [-0.2, 0) is 33.1 Å². The topological polar surface area (TPSA) is 146 Å². The van der Waals surface area contributed by atoms with E-state index in [-0.39, 0.29) is 11.5 Å². The molecule has 52 heavy (non-hydrogen) atoms. The molecule has 0 radical (unpaired) electrons. The first-order valence-electron chi connectivity index (χ1n) is 16.3. The smallest absolute Gasteiger partial charge is 0.197 e. The fourth-order valence-electron chi connectivity index (χ4n) is 5.73. The molecule has 6 heterocycles. The molecule has 8 aromatic rings. The second kappa shape index (κ2) is 15.2. The normalized spacial score (nSPS) is 12.4. The maximum absolute atomic E-state index is 12.8. The highest BCUT2D eigenvalue weighted by Crippen LogP contribution is 2.25. The second-order valence-electron chi connectivity index (χ2n) is 11.8. The van der Waals surface area contributed by atoms with Crippen molar-refractivity contribution in [3.63, 3.8) is 0 Å². The molecule has 2 atom stereocenters. The summed E-state index contributed by atoms with van der Waals surface area (Å²) in [7, 11) is 0.587. The molecule has 2 aromatic carbocycles. The van der Waals surface area contributed by atoms with Crippen molar-refractivity contribution in [3.8, 4) is 22.9 Å². The zero-order chi connectivity index (χ0) is 36.2. The fraction of sp³-hybridized carbons (Fsp3) is 0.158. The molecule has 0 aliphatic heterocycles. The Morgan fingerprint density at radius 3 is 1.40 bits per heavy atom. The minimum Gasteiger partial charge on any atom is -0.496 e. The van der Waals surface area contributed by atoms with Gasteiger partial charge in [0.2, 0.25) is 0 Å². The van der Waals surface area contributed by atoms with Gasteiger partial charge in [0.15, 0.2) is 10.3 Å². The highest BCUT2D eigenvalue weighted by molar-refractivity contribution is 7.84. The Morgan fingerprint density at radius 2 is 1.02 bits per heavy atom. The molecule has 264 valence electrons. The predicted octanol–water partition coefficient (Wildman–Crippen LogP) is 6.75. The number of hydrogen-bond acceptors (Lipinski definition) is 8. The number of nitrogens with zero attached hydrogens (tertiary/aromatic N) is 6. The Morgan fingerprint density at radius 1 is 0.615 bits per heavy atom. The summed E-state index contributed by atoms with van der Waals surface area (Å²) < 4.78 is 40.2. The average Bonchev–Trinajstić information content (AvgIpc) is 3.99. The molecule has 0 saturated carbocycles. The summed E-state index contributed by atoms with van der Waals surface area (Å²) in [6.07, 6.45) is 11.3. The number of aromatic amines is 2. The number of imidazole rings is 2. The monoisotopic (exact) mass is 732 g/mol. The lowest BCUT2D eigenvalue weighted by Gasteiger charge is -2.08. The number of fused-ring (bicyclic) bond motifs is 2. The van der Waals surface area contributed by atoms with Crippen molar-refractivity contribution in [1.29, 1.82) is 0 Å². The van der Waals surface area contributed by atoms with E-state index in [4.69, 9.17) is 9.47 Å². The van der Waals surface area contributed by atoms with Crippen LogP contribution in [-0.4, -0.2) is 61.7 Å². The van der Waals surface area contributed by atoms with Gasteiger partial charge in [-0.2, -0.15) is 0 Å². The molecule has 6 aromatic heterocycles. The number of benzene rings is 2. The van der Waals surface area contributed by atoms with E-state index in [2.05, 4.69) is 29.9 Å². The SMILES string of the molecule is COc1ccnc(CS(=O)c2nc3ccc(-n4cccc4)cc3[nH]2)c1C.COc1ccnc(CS(=O)c2nc3ccc(-n4cccc4)cc3[nH]2)c1C. The number of rotatable bonds is 10. The van der Waals surface area contributed by atoms with Gasteiger partial charge in [0.25, 0.3) is 0 Å². The molecular formula is C38H36N8O4S2. The maximum Gasteiger partial charge on any atom is 0.197 e. The third kappa shape index (κ3) is 7.29. The summed E-state index contributed by atoms with van der Waals surface area (Å²) in [5.74, 6) is 2.06. The van der Waals surface area contributed by atoms with E-state index in [1.807, 2.05) is 108 Å². The first kappa shape index (κ1) is 34.6. The fourth-order valence-corrected chi connectivity index (χ4v) is 7.94. The lowest BCUT2D eigenvalue weighted by atomic mass is 10.2. The summed E-state index contributed by atoms with van der Waals surface area (Å²) >= 11 is 0.